The van der Waals surface area contributed by atoms with Gasteiger partial charge in [-0.15, -0.1) is 0 Å². The third-order valence-electron chi connectivity index (χ3n) is 3.41. The summed E-state index contributed by atoms with van der Waals surface area (Å²) >= 11 is 0. The number of hydrogen-bond donors (Lipinski definition) is 0. The van der Waals surface area contributed by atoms with E-state index in [0.717, 1.165) is 12.8 Å². The molecule has 0 aliphatic heterocycles. The quantitative estimate of drug-likeness (QED) is 0.821. The van der Waals surface area contributed by atoms with Crippen LogP contribution in [0, 0.1) is 24.2 Å². The number of nitriles is 1. The molecule has 1 atom stereocenters. The van der Waals surface area contributed by atoms with Gasteiger partial charge in [-0.2, -0.15) is 10.2 Å². The van der Waals surface area contributed by atoms with E-state index in [1.165, 1.54) is 0 Å². The first-order valence-electron chi connectivity index (χ1n) is 6.43. The molecule has 0 saturated heterocycles. The standard InChI is InChI=1S/C13H14N4O3/c1-7-9(6-14)10(16-19-7)5-11-15-13(17-20-11)12(18-2)8-3-4-8/h8,12H,3-5H2,1-2H3. The summed E-state index contributed by atoms with van der Waals surface area (Å²) in [5.74, 6) is 1.95. The van der Waals surface area contributed by atoms with Gasteiger partial charge in [0.05, 0.1) is 6.42 Å². The Kier molecular flexibility index (Phi) is 3.24. The van der Waals surface area contributed by atoms with E-state index in [1.54, 1.807) is 14.0 Å². The number of rotatable bonds is 5. The van der Waals surface area contributed by atoms with Gasteiger partial charge in [0.1, 0.15) is 23.4 Å². The lowest BCUT2D eigenvalue weighted by molar-refractivity contribution is 0.0751. The Morgan fingerprint density at radius 3 is 2.85 bits per heavy atom. The molecule has 0 N–H and O–H groups in total. The Morgan fingerprint density at radius 2 is 2.20 bits per heavy atom. The first-order valence-corrected chi connectivity index (χ1v) is 6.43. The average molecular weight is 274 g/mol. The normalized spacial score (nSPS) is 16.1. The summed E-state index contributed by atoms with van der Waals surface area (Å²) in [7, 11) is 1.65. The summed E-state index contributed by atoms with van der Waals surface area (Å²) in [6.45, 7) is 1.70. The van der Waals surface area contributed by atoms with E-state index in [-0.39, 0.29) is 12.5 Å². The number of hydrogen-bond acceptors (Lipinski definition) is 7. The second-order valence-electron chi connectivity index (χ2n) is 4.89. The molecule has 7 nitrogen and oxygen atoms in total. The SMILES string of the molecule is COC(c1noc(Cc2noc(C)c2C#N)n1)C1CC1. The van der Waals surface area contributed by atoms with Gasteiger partial charge in [-0.05, 0) is 25.7 Å². The van der Waals surface area contributed by atoms with Crippen molar-refractivity contribution < 1.29 is 13.8 Å². The maximum Gasteiger partial charge on any atom is 0.232 e. The number of aryl methyl sites for hydroxylation is 1. The van der Waals surface area contributed by atoms with Gasteiger partial charge in [-0.25, -0.2) is 0 Å². The third-order valence-corrected chi connectivity index (χ3v) is 3.41. The summed E-state index contributed by atoms with van der Waals surface area (Å²) in [4.78, 5) is 4.33. The van der Waals surface area contributed by atoms with Gasteiger partial charge in [0.25, 0.3) is 0 Å². The van der Waals surface area contributed by atoms with Crippen LogP contribution in [0.15, 0.2) is 9.05 Å². The molecule has 0 spiro atoms. The van der Waals surface area contributed by atoms with Crippen LogP contribution in [0.4, 0.5) is 0 Å². The number of methoxy groups -OCH3 is 1. The zero-order valence-corrected chi connectivity index (χ0v) is 11.3. The minimum atomic E-state index is -0.109. The van der Waals surface area contributed by atoms with Crippen molar-refractivity contribution in [2.45, 2.75) is 32.3 Å². The van der Waals surface area contributed by atoms with E-state index in [0.29, 0.717) is 34.7 Å². The fourth-order valence-electron chi connectivity index (χ4n) is 2.19. The van der Waals surface area contributed by atoms with Crippen LogP contribution in [0.2, 0.25) is 0 Å². The highest BCUT2D eigenvalue weighted by Crippen LogP contribution is 2.41. The molecule has 20 heavy (non-hydrogen) atoms. The zero-order chi connectivity index (χ0) is 14.1. The van der Waals surface area contributed by atoms with E-state index >= 15 is 0 Å². The smallest absolute Gasteiger partial charge is 0.232 e. The topological polar surface area (TPSA) is 98.0 Å². The predicted octanol–water partition coefficient (Wildman–Crippen LogP) is 1.93. The number of ether oxygens (including phenoxy) is 1. The van der Waals surface area contributed by atoms with Gasteiger partial charge in [0.2, 0.25) is 11.7 Å². The molecule has 104 valence electrons. The van der Waals surface area contributed by atoms with E-state index < -0.39 is 0 Å². The Balaban J connectivity index is 1.78. The second kappa shape index (κ2) is 5.06. The maximum atomic E-state index is 9.04. The van der Waals surface area contributed by atoms with Crippen molar-refractivity contribution in [2.24, 2.45) is 5.92 Å². The van der Waals surface area contributed by atoms with Crippen molar-refractivity contribution in [2.75, 3.05) is 7.11 Å². The van der Waals surface area contributed by atoms with Crippen LogP contribution in [-0.4, -0.2) is 22.4 Å². The van der Waals surface area contributed by atoms with Crippen LogP contribution in [0.5, 0.6) is 0 Å². The van der Waals surface area contributed by atoms with Gasteiger partial charge in [0, 0.05) is 7.11 Å². The molecule has 1 saturated carbocycles. The Labute approximate surface area is 115 Å². The summed E-state index contributed by atoms with van der Waals surface area (Å²) < 4.78 is 15.6. The van der Waals surface area contributed by atoms with E-state index in [9.17, 15) is 0 Å². The van der Waals surface area contributed by atoms with Crippen LogP contribution < -0.4 is 0 Å². The van der Waals surface area contributed by atoms with Gasteiger partial charge in [0.15, 0.2) is 5.76 Å². The molecule has 2 aromatic rings. The van der Waals surface area contributed by atoms with Crippen LogP contribution in [0.25, 0.3) is 0 Å². The third kappa shape index (κ3) is 2.30. The van der Waals surface area contributed by atoms with Crippen LogP contribution in [0.1, 0.15) is 47.7 Å². The highest BCUT2D eigenvalue weighted by molar-refractivity contribution is 5.36. The van der Waals surface area contributed by atoms with Crippen molar-refractivity contribution in [3.8, 4) is 6.07 Å². The number of nitrogens with zero attached hydrogens (tertiary/aromatic N) is 4. The monoisotopic (exact) mass is 274 g/mol. The second-order valence-corrected chi connectivity index (χ2v) is 4.89. The van der Waals surface area contributed by atoms with Crippen LogP contribution in [-0.2, 0) is 11.2 Å². The van der Waals surface area contributed by atoms with Crippen molar-refractivity contribution in [3.63, 3.8) is 0 Å². The largest absolute Gasteiger partial charge is 0.373 e. The molecule has 1 fully saturated rings. The summed E-state index contributed by atoms with van der Waals surface area (Å²) in [6, 6.07) is 2.06. The van der Waals surface area contributed by atoms with Gasteiger partial charge in [-0.1, -0.05) is 10.3 Å². The maximum absolute atomic E-state index is 9.04. The lowest BCUT2D eigenvalue weighted by Crippen LogP contribution is -2.06. The molecule has 3 rings (SSSR count). The molecule has 1 unspecified atom stereocenters. The zero-order valence-electron chi connectivity index (χ0n) is 11.3. The first kappa shape index (κ1) is 12.8. The average Bonchev–Trinajstić information content (AvgIpc) is 3.07. The fourth-order valence-corrected chi connectivity index (χ4v) is 2.19. The molecule has 0 aromatic carbocycles. The lowest BCUT2D eigenvalue weighted by atomic mass is 10.1. The minimum Gasteiger partial charge on any atom is -0.373 e. The van der Waals surface area contributed by atoms with Crippen LogP contribution in [0.3, 0.4) is 0 Å². The molecule has 2 aromatic heterocycles. The number of aromatic nitrogens is 3. The minimum absolute atomic E-state index is 0.109. The van der Waals surface area contributed by atoms with Crippen molar-refractivity contribution in [3.05, 3.63) is 28.7 Å². The van der Waals surface area contributed by atoms with Crippen molar-refractivity contribution in [1.82, 2.24) is 15.3 Å². The van der Waals surface area contributed by atoms with E-state index in [1.807, 2.05) is 0 Å². The van der Waals surface area contributed by atoms with Crippen LogP contribution >= 0.6 is 0 Å². The lowest BCUT2D eigenvalue weighted by Gasteiger charge is -2.07. The van der Waals surface area contributed by atoms with Gasteiger partial charge in [-0.3, -0.25) is 0 Å². The van der Waals surface area contributed by atoms with E-state index in [4.69, 9.17) is 19.0 Å². The highest BCUT2D eigenvalue weighted by Gasteiger charge is 2.35. The fraction of sp³-hybridized carbons (Fsp3) is 0.538. The molecular formula is C13H14N4O3. The summed E-state index contributed by atoms with van der Waals surface area (Å²) in [5, 5.41) is 16.8. The molecule has 2 heterocycles. The van der Waals surface area contributed by atoms with Crippen molar-refractivity contribution in [1.29, 1.82) is 5.26 Å². The Hall–Kier alpha value is -2.20. The van der Waals surface area contributed by atoms with Gasteiger partial charge < -0.3 is 13.8 Å². The molecule has 7 heteroatoms. The molecule has 1 aliphatic rings. The van der Waals surface area contributed by atoms with E-state index in [2.05, 4.69) is 21.4 Å². The predicted molar refractivity (Wildman–Crippen MR) is 65.5 cm³/mol. The summed E-state index contributed by atoms with van der Waals surface area (Å²) in [6.07, 6.45) is 2.43. The molecule has 0 bridgehead atoms. The molecule has 1 aliphatic carbocycles. The van der Waals surface area contributed by atoms with Gasteiger partial charge >= 0.3 is 0 Å². The Bertz CT molecular complexity index is 651. The molecule has 0 amide bonds. The first-order chi connectivity index (χ1) is 9.72. The Morgan fingerprint density at radius 1 is 1.40 bits per heavy atom. The summed E-state index contributed by atoms with van der Waals surface area (Å²) in [5.41, 5.74) is 0.941. The van der Waals surface area contributed by atoms with Crippen molar-refractivity contribution >= 4 is 0 Å². The molecular weight excluding hydrogens is 260 g/mol. The highest BCUT2D eigenvalue weighted by atomic mass is 16.5. The molecule has 0 radical (unpaired) electrons.